The molecule has 0 aliphatic carbocycles. The lowest BCUT2D eigenvalue weighted by Gasteiger charge is -1.98. The van der Waals surface area contributed by atoms with Crippen LogP contribution in [0.2, 0.25) is 0 Å². The lowest BCUT2D eigenvalue weighted by atomic mass is 10.1. The first-order valence-corrected chi connectivity index (χ1v) is 15.3. The molecule has 3 aromatic rings. The highest BCUT2D eigenvalue weighted by Gasteiger charge is 2.08. The number of aryl methyl sites for hydroxylation is 2. The van der Waals surface area contributed by atoms with Crippen LogP contribution in [-0.2, 0) is 12.8 Å². The Kier molecular flexibility index (Phi) is 11.1. The fourth-order valence-electron chi connectivity index (χ4n) is 4.23. The van der Waals surface area contributed by atoms with Gasteiger partial charge in [0.2, 0.25) is 0 Å². The van der Waals surface area contributed by atoms with Crippen LogP contribution in [0.15, 0.2) is 24.3 Å². The third-order valence-electron chi connectivity index (χ3n) is 6.21. The number of nitrogens with zero attached hydrogens (tertiary/aromatic N) is 4. The zero-order valence-electron chi connectivity index (χ0n) is 21.4. The predicted molar refractivity (Wildman–Crippen MR) is 153 cm³/mol. The minimum atomic E-state index is 0.163. The maximum Gasteiger partial charge on any atom is 0.146 e. The maximum absolute atomic E-state index is 9.43. The molecular weight excluding hydrogens is 513 g/mol. The van der Waals surface area contributed by atoms with Crippen molar-refractivity contribution in [1.82, 2.24) is 0 Å². The Labute approximate surface area is 230 Å². The second-order valence-electron chi connectivity index (χ2n) is 8.91. The minimum absolute atomic E-state index is 0.163. The summed E-state index contributed by atoms with van der Waals surface area (Å²) in [4.78, 5) is 0. The SMILES string of the molecule is CCCCCCc1cc(=C(C#N)C#N)s/c1=c1\cc/c(=c2\sc(=C(C#N)C#N)cc2CCCCCC)s1. The van der Waals surface area contributed by atoms with E-state index in [-0.39, 0.29) is 11.1 Å². The van der Waals surface area contributed by atoms with Crippen LogP contribution in [0.4, 0.5) is 0 Å². The molecule has 3 heterocycles. The summed E-state index contributed by atoms with van der Waals surface area (Å²) in [7, 11) is 0. The van der Waals surface area contributed by atoms with Crippen molar-refractivity contribution >= 4 is 45.2 Å². The zero-order chi connectivity index (χ0) is 26.6. The van der Waals surface area contributed by atoms with Crippen LogP contribution >= 0.6 is 34.0 Å². The largest absolute Gasteiger partial charge is 0.192 e. The van der Waals surface area contributed by atoms with Gasteiger partial charge in [-0.05, 0) is 61.1 Å². The molecule has 188 valence electrons. The lowest BCUT2D eigenvalue weighted by molar-refractivity contribution is 0.667. The van der Waals surface area contributed by atoms with Crippen molar-refractivity contribution in [3.05, 3.63) is 62.6 Å². The van der Waals surface area contributed by atoms with Crippen molar-refractivity contribution in [2.24, 2.45) is 0 Å². The first-order valence-electron chi connectivity index (χ1n) is 12.8. The Morgan fingerprint density at radius 2 is 1.00 bits per heavy atom. The maximum atomic E-state index is 9.43. The number of rotatable bonds is 10. The van der Waals surface area contributed by atoms with Gasteiger partial charge in [-0.2, -0.15) is 21.0 Å². The van der Waals surface area contributed by atoms with Gasteiger partial charge in [0.05, 0.1) is 9.06 Å². The standard InChI is InChI=1S/C30H30N4S3/c1-3-5-7-9-11-21-15-27(23(17-31)18-32)36-29(21)25-13-14-26(35-25)30-22(12-10-8-6-4-2)16-28(37-30)24(19-33)20-34/h13-16H,3-12H2,1-2H3/b29-25+,30-26+. The molecule has 0 unspecified atom stereocenters. The van der Waals surface area contributed by atoms with Crippen LogP contribution in [-0.4, -0.2) is 0 Å². The van der Waals surface area contributed by atoms with Gasteiger partial charge in [-0.15, -0.1) is 34.0 Å². The topological polar surface area (TPSA) is 95.2 Å². The Hall–Kier alpha value is -3.20. The van der Waals surface area contributed by atoms with Crippen molar-refractivity contribution in [2.45, 2.75) is 78.1 Å². The number of hydrogen-bond donors (Lipinski definition) is 0. The molecule has 0 aliphatic rings. The van der Waals surface area contributed by atoms with Gasteiger partial charge in [0.1, 0.15) is 35.4 Å². The van der Waals surface area contributed by atoms with E-state index < -0.39 is 0 Å². The number of thiophene rings is 3. The molecule has 0 amide bonds. The smallest absolute Gasteiger partial charge is 0.146 e. The van der Waals surface area contributed by atoms with Crippen LogP contribution in [0.3, 0.4) is 0 Å². The van der Waals surface area contributed by atoms with Gasteiger partial charge >= 0.3 is 0 Å². The van der Waals surface area contributed by atoms with Crippen LogP contribution in [0.5, 0.6) is 0 Å². The average Bonchev–Trinajstić information content (AvgIpc) is 3.65. The summed E-state index contributed by atoms with van der Waals surface area (Å²) in [5.74, 6) is 0. The molecule has 0 aromatic carbocycles. The van der Waals surface area contributed by atoms with Crippen LogP contribution < -0.4 is 9.06 Å². The average molecular weight is 543 g/mol. The molecule has 0 fully saturated rings. The van der Waals surface area contributed by atoms with Gasteiger partial charge < -0.3 is 0 Å². The van der Waals surface area contributed by atoms with E-state index in [1.54, 1.807) is 11.3 Å². The van der Waals surface area contributed by atoms with Crippen LogP contribution in [0, 0.1) is 63.5 Å². The van der Waals surface area contributed by atoms with Gasteiger partial charge in [-0.1, -0.05) is 52.4 Å². The second kappa shape index (κ2) is 14.5. The number of nitriles is 4. The summed E-state index contributed by atoms with van der Waals surface area (Å²) in [6.45, 7) is 4.40. The Morgan fingerprint density at radius 1 is 0.595 bits per heavy atom. The van der Waals surface area contributed by atoms with E-state index in [2.05, 4.69) is 26.0 Å². The highest BCUT2D eigenvalue weighted by Crippen LogP contribution is 2.20. The van der Waals surface area contributed by atoms with Crippen molar-refractivity contribution in [1.29, 1.82) is 21.0 Å². The Morgan fingerprint density at radius 3 is 1.35 bits per heavy atom. The fourth-order valence-corrected chi connectivity index (χ4v) is 7.84. The normalized spacial score (nSPS) is 12.3. The summed E-state index contributed by atoms with van der Waals surface area (Å²) in [5.41, 5.74) is 2.72. The number of unbranched alkanes of at least 4 members (excludes halogenated alkanes) is 6. The molecule has 0 aliphatic heterocycles. The molecule has 0 N–H and O–H groups in total. The van der Waals surface area contributed by atoms with Crippen molar-refractivity contribution in [2.75, 3.05) is 0 Å². The van der Waals surface area contributed by atoms with E-state index in [4.69, 9.17) is 0 Å². The van der Waals surface area contributed by atoms with Gasteiger partial charge in [0.15, 0.2) is 0 Å². The predicted octanol–water partition coefficient (Wildman–Crippen LogP) is 7.09. The van der Waals surface area contributed by atoms with E-state index in [1.807, 2.05) is 36.4 Å². The minimum Gasteiger partial charge on any atom is -0.192 e. The van der Waals surface area contributed by atoms with Crippen molar-refractivity contribution < 1.29 is 0 Å². The zero-order valence-corrected chi connectivity index (χ0v) is 23.8. The highest BCUT2D eigenvalue weighted by molar-refractivity contribution is 7.13. The Bertz CT molecular complexity index is 1550. The fraction of sp³-hybridized carbons (Fsp3) is 0.400. The van der Waals surface area contributed by atoms with Crippen LogP contribution in [0.25, 0.3) is 11.1 Å². The molecule has 37 heavy (non-hydrogen) atoms. The van der Waals surface area contributed by atoms with E-state index in [1.165, 1.54) is 72.3 Å². The summed E-state index contributed by atoms with van der Waals surface area (Å²) >= 11 is 4.76. The summed E-state index contributed by atoms with van der Waals surface area (Å²) in [5, 5.41) is 37.7. The summed E-state index contributed by atoms with van der Waals surface area (Å²) in [6.07, 6.45) is 11.1. The molecule has 0 bridgehead atoms. The lowest BCUT2D eigenvalue weighted by Crippen LogP contribution is -1.95. The van der Waals surface area contributed by atoms with Crippen molar-refractivity contribution in [3.63, 3.8) is 0 Å². The van der Waals surface area contributed by atoms with E-state index >= 15 is 0 Å². The molecule has 0 saturated heterocycles. The van der Waals surface area contributed by atoms with E-state index in [0.29, 0.717) is 0 Å². The summed E-state index contributed by atoms with van der Waals surface area (Å²) < 4.78 is 5.99. The molecule has 3 rings (SSSR count). The molecule has 0 radical (unpaired) electrons. The van der Waals surface area contributed by atoms with Crippen molar-refractivity contribution in [3.8, 4) is 24.3 Å². The molecule has 0 saturated carbocycles. The van der Waals surface area contributed by atoms with Gasteiger partial charge in [-0.25, -0.2) is 0 Å². The Balaban J connectivity index is 2.28. The highest BCUT2D eigenvalue weighted by atomic mass is 32.1. The first kappa shape index (κ1) is 28.4. The molecular formula is C30H30N4S3. The third-order valence-corrected chi connectivity index (χ3v) is 10.0. The van der Waals surface area contributed by atoms with Gasteiger partial charge in [-0.3, -0.25) is 0 Å². The molecule has 4 nitrogen and oxygen atoms in total. The van der Waals surface area contributed by atoms with Crippen LogP contribution in [0.1, 0.15) is 76.3 Å². The first-order chi connectivity index (χ1) is 18.1. The monoisotopic (exact) mass is 542 g/mol. The third kappa shape index (κ3) is 7.19. The molecule has 7 heteroatoms. The number of hydrogen-bond acceptors (Lipinski definition) is 7. The molecule has 0 spiro atoms. The van der Waals surface area contributed by atoms with Gasteiger partial charge in [0, 0.05) is 18.1 Å². The molecule has 3 aromatic heterocycles. The van der Waals surface area contributed by atoms with Gasteiger partial charge in [0.25, 0.3) is 0 Å². The van der Waals surface area contributed by atoms with E-state index in [9.17, 15) is 21.0 Å². The van der Waals surface area contributed by atoms with E-state index in [0.717, 1.165) is 52.9 Å². The molecule has 0 atom stereocenters. The second-order valence-corrected chi connectivity index (χ2v) is 12.1. The summed E-state index contributed by atoms with van der Waals surface area (Å²) in [6, 6.07) is 16.5. The quantitative estimate of drug-likeness (QED) is 0.256.